The molecule has 94 valence electrons. The minimum Gasteiger partial charge on any atom is -0.360 e. The van der Waals surface area contributed by atoms with Crippen LogP contribution in [0, 0.1) is 5.92 Å². The first-order valence-corrected chi connectivity index (χ1v) is 6.20. The zero-order valence-electron chi connectivity index (χ0n) is 10.1. The topological polar surface area (TPSA) is 67.2 Å². The number of hydrogen-bond acceptors (Lipinski definition) is 4. The fourth-order valence-corrected chi connectivity index (χ4v) is 2.20. The van der Waals surface area contributed by atoms with E-state index >= 15 is 0 Å². The summed E-state index contributed by atoms with van der Waals surface area (Å²) in [6, 6.07) is 1.69. The van der Waals surface area contributed by atoms with Crippen LogP contribution in [-0.2, 0) is 11.3 Å². The molecule has 5 heteroatoms. The predicted octanol–water partition coefficient (Wildman–Crippen LogP) is 1.07. The van der Waals surface area contributed by atoms with Gasteiger partial charge in [-0.2, -0.15) is 0 Å². The first-order chi connectivity index (χ1) is 8.29. The molecule has 0 aliphatic carbocycles. The molecule has 5 nitrogen and oxygen atoms in total. The molecule has 2 N–H and O–H groups in total. The van der Waals surface area contributed by atoms with Crippen molar-refractivity contribution in [3.63, 3.8) is 0 Å². The molecule has 2 atom stereocenters. The van der Waals surface area contributed by atoms with Gasteiger partial charge in [0.2, 0.25) is 5.91 Å². The number of piperidine rings is 1. The molecule has 1 saturated heterocycles. The standard InChI is InChI=1S/C12H19N3O2/c1-2-9-3-5-13-11(7-9)12(16)14-8-10-4-6-15-17-10/h4,6,9,11,13H,2-3,5,7-8H2,1H3,(H,14,16). The van der Waals surface area contributed by atoms with Gasteiger partial charge in [-0.15, -0.1) is 0 Å². The monoisotopic (exact) mass is 237 g/mol. The number of rotatable bonds is 4. The maximum absolute atomic E-state index is 11.9. The number of hydrogen-bond donors (Lipinski definition) is 2. The summed E-state index contributed by atoms with van der Waals surface area (Å²) in [4.78, 5) is 11.9. The van der Waals surface area contributed by atoms with Gasteiger partial charge in [0.1, 0.15) is 0 Å². The molecule has 17 heavy (non-hydrogen) atoms. The van der Waals surface area contributed by atoms with Gasteiger partial charge in [-0.1, -0.05) is 18.5 Å². The molecule has 1 fully saturated rings. The molecular weight excluding hydrogens is 218 g/mol. The Labute approximate surface area is 101 Å². The van der Waals surface area contributed by atoms with Gasteiger partial charge in [0.05, 0.1) is 18.8 Å². The smallest absolute Gasteiger partial charge is 0.237 e. The first kappa shape index (κ1) is 12.1. The molecule has 1 aliphatic heterocycles. The molecule has 0 saturated carbocycles. The van der Waals surface area contributed by atoms with E-state index in [1.807, 2.05) is 0 Å². The minimum absolute atomic E-state index is 0.0551. The highest BCUT2D eigenvalue weighted by Gasteiger charge is 2.25. The third kappa shape index (κ3) is 3.30. The minimum atomic E-state index is -0.0587. The average molecular weight is 237 g/mol. The fraction of sp³-hybridized carbons (Fsp3) is 0.667. The van der Waals surface area contributed by atoms with E-state index in [1.165, 1.54) is 6.42 Å². The second-order valence-electron chi connectivity index (χ2n) is 4.50. The van der Waals surface area contributed by atoms with Crippen molar-refractivity contribution in [3.8, 4) is 0 Å². The number of carbonyl (C=O) groups excluding carboxylic acids is 1. The SMILES string of the molecule is CCC1CCNC(C(=O)NCc2ccno2)C1. The van der Waals surface area contributed by atoms with E-state index in [4.69, 9.17) is 4.52 Å². The van der Waals surface area contributed by atoms with Gasteiger partial charge < -0.3 is 15.2 Å². The van der Waals surface area contributed by atoms with E-state index in [1.54, 1.807) is 12.3 Å². The highest BCUT2D eigenvalue weighted by atomic mass is 16.5. The van der Waals surface area contributed by atoms with Gasteiger partial charge in [0.25, 0.3) is 0 Å². The second kappa shape index (κ2) is 5.82. The van der Waals surface area contributed by atoms with Crippen LogP contribution in [0.2, 0.25) is 0 Å². The van der Waals surface area contributed by atoms with Gasteiger partial charge in [-0.05, 0) is 25.3 Å². The van der Waals surface area contributed by atoms with Crippen LogP contribution in [0.15, 0.2) is 16.8 Å². The molecule has 2 heterocycles. The summed E-state index contributed by atoms with van der Waals surface area (Å²) in [5.41, 5.74) is 0. The molecule has 0 spiro atoms. The Morgan fingerprint density at radius 2 is 2.59 bits per heavy atom. The summed E-state index contributed by atoms with van der Waals surface area (Å²) in [7, 11) is 0. The quantitative estimate of drug-likeness (QED) is 0.822. The van der Waals surface area contributed by atoms with Crippen molar-refractivity contribution in [1.29, 1.82) is 0 Å². The van der Waals surface area contributed by atoms with E-state index in [0.717, 1.165) is 19.4 Å². The number of aromatic nitrogens is 1. The molecule has 2 unspecified atom stereocenters. The van der Waals surface area contributed by atoms with Crippen LogP contribution in [0.25, 0.3) is 0 Å². The van der Waals surface area contributed by atoms with Crippen LogP contribution < -0.4 is 10.6 Å². The van der Waals surface area contributed by atoms with Gasteiger partial charge >= 0.3 is 0 Å². The van der Waals surface area contributed by atoms with Crippen LogP contribution in [0.1, 0.15) is 31.9 Å². The van der Waals surface area contributed by atoms with Gasteiger partial charge in [0.15, 0.2) is 5.76 Å². The van der Waals surface area contributed by atoms with Gasteiger partial charge in [-0.25, -0.2) is 0 Å². The summed E-state index contributed by atoms with van der Waals surface area (Å²) < 4.78 is 4.93. The number of amides is 1. The zero-order chi connectivity index (χ0) is 12.1. The van der Waals surface area contributed by atoms with Gasteiger partial charge in [0, 0.05) is 6.07 Å². The Hall–Kier alpha value is -1.36. The highest BCUT2D eigenvalue weighted by molar-refractivity contribution is 5.81. The molecule has 0 bridgehead atoms. The third-order valence-corrected chi connectivity index (χ3v) is 3.33. The summed E-state index contributed by atoms with van der Waals surface area (Å²) in [5, 5.41) is 9.72. The normalized spacial score (nSPS) is 24.5. The van der Waals surface area contributed by atoms with Crippen LogP contribution in [0.3, 0.4) is 0 Å². The maximum atomic E-state index is 11.9. The average Bonchev–Trinajstić information content (AvgIpc) is 2.89. The van der Waals surface area contributed by atoms with E-state index in [2.05, 4.69) is 22.7 Å². The number of carbonyl (C=O) groups is 1. The van der Waals surface area contributed by atoms with Crippen molar-refractivity contribution < 1.29 is 9.32 Å². The van der Waals surface area contributed by atoms with Crippen molar-refractivity contribution >= 4 is 5.91 Å². The van der Waals surface area contributed by atoms with E-state index < -0.39 is 0 Å². The molecule has 2 rings (SSSR count). The van der Waals surface area contributed by atoms with Crippen molar-refractivity contribution in [2.45, 2.75) is 38.8 Å². The molecular formula is C12H19N3O2. The third-order valence-electron chi connectivity index (χ3n) is 3.33. The molecule has 1 aromatic rings. The molecule has 0 aromatic carbocycles. The van der Waals surface area contributed by atoms with Gasteiger partial charge in [-0.3, -0.25) is 4.79 Å². The molecule has 1 aromatic heterocycles. The molecule has 1 amide bonds. The molecule has 1 aliphatic rings. The highest BCUT2D eigenvalue weighted by Crippen LogP contribution is 2.19. The Balaban J connectivity index is 1.79. The number of nitrogens with one attached hydrogen (secondary N) is 2. The van der Waals surface area contributed by atoms with E-state index in [0.29, 0.717) is 18.2 Å². The van der Waals surface area contributed by atoms with Crippen molar-refractivity contribution in [1.82, 2.24) is 15.8 Å². The zero-order valence-corrected chi connectivity index (χ0v) is 10.1. The lowest BCUT2D eigenvalue weighted by Crippen LogP contribution is -2.48. The summed E-state index contributed by atoms with van der Waals surface area (Å²) in [6.07, 6.45) is 4.82. The van der Waals surface area contributed by atoms with Crippen LogP contribution in [-0.4, -0.2) is 23.7 Å². The van der Waals surface area contributed by atoms with Crippen LogP contribution in [0.4, 0.5) is 0 Å². The lowest BCUT2D eigenvalue weighted by atomic mass is 9.90. The second-order valence-corrected chi connectivity index (χ2v) is 4.50. The van der Waals surface area contributed by atoms with Crippen LogP contribution in [0.5, 0.6) is 0 Å². The molecule has 0 radical (unpaired) electrons. The van der Waals surface area contributed by atoms with Crippen molar-refractivity contribution in [2.75, 3.05) is 6.54 Å². The Kier molecular flexibility index (Phi) is 4.14. The summed E-state index contributed by atoms with van der Waals surface area (Å²) >= 11 is 0. The van der Waals surface area contributed by atoms with Crippen molar-refractivity contribution in [2.24, 2.45) is 5.92 Å². The lowest BCUT2D eigenvalue weighted by molar-refractivity contribution is -0.124. The van der Waals surface area contributed by atoms with Crippen molar-refractivity contribution in [3.05, 3.63) is 18.0 Å². The van der Waals surface area contributed by atoms with Crippen LogP contribution >= 0.6 is 0 Å². The Bertz CT molecular complexity index is 351. The predicted molar refractivity (Wildman–Crippen MR) is 63.2 cm³/mol. The van der Waals surface area contributed by atoms with E-state index in [-0.39, 0.29) is 11.9 Å². The van der Waals surface area contributed by atoms with E-state index in [9.17, 15) is 4.79 Å². The lowest BCUT2D eigenvalue weighted by Gasteiger charge is -2.28. The largest absolute Gasteiger partial charge is 0.360 e. The number of nitrogens with zero attached hydrogens (tertiary/aromatic N) is 1. The summed E-state index contributed by atoms with van der Waals surface area (Å²) in [5.74, 6) is 1.40. The fourth-order valence-electron chi connectivity index (χ4n) is 2.20. The Morgan fingerprint density at radius 3 is 3.29 bits per heavy atom. The first-order valence-electron chi connectivity index (χ1n) is 6.20. The maximum Gasteiger partial charge on any atom is 0.237 e. The Morgan fingerprint density at radius 1 is 1.71 bits per heavy atom. The summed E-state index contributed by atoms with van der Waals surface area (Å²) in [6.45, 7) is 3.52.